The van der Waals surface area contributed by atoms with E-state index in [1.165, 1.54) is 7.05 Å². The lowest BCUT2D eigenvalue weighted by Gasteiger charge is -2.12. The molecule has 0 spiro atoms. The van der Waals surface area contributed by atoms with Crippen LogP contribution in [-0.2, 0) is 27.5 Å². The fourth-order valence-corrected chi connectivity index (χ4v) is 3.66. The summed E-state index contributed by atoms with van der Waals surface area (Å²) in [6, 6.07) is 1.68. The van der Waals surface area contributed by atoms with Crippen LogP contribution in [0.15, 0.2) is 27.9 Å². The normalized spacial score (nSPS) is 15.1. The van der Waals surface area contributed by atoms with Gasteiger partial charge in [0.15, 0.2) is 0 Å². The fraction of sp³-hybridized carbons (Fsp3) is 0.375. The summed E-state index contributed by atoms with van der Waals surface area (Å²) in [5.41, 5.74) is -2.40. The first-order chi connectivity index (χ1) is 12.5. The number of ketones is 1. The average Bonchev–Trinajstić information content (AvgIpc) is 3.40. The Bertz CT molecular complexity index is 1080. The Kier molecular flexibility index (Phi) is 4.55. The minimum Gasteiger partial charge on any atom is -0.299 e. The van der Waals surface area contributed by atoms with Crippen molar-refractivity contribution in [2.75, 3.05) is 7.11 Å². The molecule has 7 nitrogen and oxygen atoms in total. The first kappa shape index (κ1) is 19.4. The lowest BCUT2D eigenvalue weighted by atomic mass is 10.0. The Morgan fingerprint density at radius 1 is 1.30 bits per heavy atom. The molecule has 0 amide bonds. The maximum Gasteiger partial charge on any atom is 0.416 e. The van der Waals surface area contributed by atoms with Crippen molar-refractivity contribution >= 4 is 15.9 Å². The molecule has 0 bridgehead atoms. The number of carbonyl (C=O) groups excluding carboxylic acids is 1. The number of alkyl halides is 3. The lowest BCUT2D eigenvalue weighted by Crippen LogP contribution is -2.22. The molecular weight excluding hydrogens is 389 g/mol. The van der Waals surface area contributed by atoms with Gasteiger partial charge in [-0.3, -0.25) is 23.6 Å². The number of rotatable bonds is 5. The molecule has 0 atom stereocenters. The van der Waals surface area contributed by atoms with Gasteiger partial charge in [-0.1, -0.05) is 0 Å². The van der Waals surface area contributed by atoms with Crippen LogP contribution in [0.4, 0.5) is 13.2 Å². The molecule has 1 fully saturated rings. The van der Waals surface area contributed by atoms with E-state index in [4.69, 9.17) is 0 Å². The molecule has 3 rings (SSSR count). The number of benzene rings is 1. The molecule has 1 aliphatic rings. The topological polar surface area (TPSA) is 98.2 Å². The van der Waals surface area contributed by atoms with Crippen LogP contribution in [0, 0.1) is 0 Å². The van der Waals surface area contributed by atoms with E-state index in [2.05, 4.69) is 9.28 Å². The molecule has 27 heavy (non-hydrogen) atoms. The van der Waals surface area contributed by atoms with Gasteiger partial charge in [-0.05, 0) is 31.0 Å². The van der Waals surface area contributed by atoms with Crippen molar-refractivity contribution in [3.63, 3.8) is 0 Å². The number of hydrogen-bond acceptors (Lipinski definition) is 5. The van der Waals surface area contributed by atoms with Crippen LogP contribution in [0.5, 0.6) is 0 Å². The minimum absolute atomic E-state index is 0.0465. The maximum atomic E-state index is 13.0. The van der Waals surface area contributed by atoms with Gasteiger partial charge in [0, 0.05) is 18.5 Å². The molecular formula is C16H15F3N2O5S. The number of aryl methyl sites for hydroxylation is 1. The Labute approximate surface area is 151 Å². The summed E-state index contributed by atoms with van der Waals surface area (Å²) in [6.07, 6.45) is -3.32. The Hall–Kier alpha value is -2.40. The zero-order valence-corrected chi connectivity index (χ0v) is 15.1. The van der Waals surface area contributed by atoms with Gasteiger partial charge in [0.25, 0.3) is 15.7 Å². The maximum absolute atomic E-state index is 13.0. The van der Waals surface area contributed by atoms with E-state index in [9.17, 15) is 31.2 Å². The van der Waals surface area contributed by atoms with Crippen LogP contribution in [0.1, 0.15) is 45.9 Å². The highest BCUT2D eigenvalue weighted by Crippen LogP contribution is 2.41. The van der Waals surface area contributed by atoms with E-state index in [1.807, 2.05) is 0 Å². The third-order valence-electron chi connectivity index (χ3n) is 4.33. The van der Waals surface area contributed by atoms with Crippen molar-refractivity contribution in [3.05, 3.63) is 50.9 Å². The summed E-state index contributed by atoms with van der Waals surface area (Å²) in [4.78, 5) is 24.4. The molecule has 1 heterocycles. The van der Waals surface area contributed by atoms with Gasteiger partial charge in [0.1, 0.15) is 10.5 Å². The number of aromatic amines is 1. The van der Waals surface area contributed by atoms with Crippen LogP contribution < -0.4 is 5.56 Å². The number of H-pyrrole nitrogens is 1. The standard InChI is InChI=1S/C16H15F3N2O5S/c1-21-15(23)12(13(20-21)8-3-4-8)14(22)10-6-5-9(16(17,18)19)7-11(10)27(24,25)26-2/h5-8,20H,3-4H2,1-2H3. The highest BCUT2D eigenvalue weighted by molar-refractivity contribution is 7.86. The quantitative estimate of drug-likeness (QED) is 0.608. The monoisotopic (exact) mass is 404 g/mol. The molecule has 1 aliphatic carbocycles. The van der Waals surface area contributed by atoms with E-state index in [0.29, 0.717) is 17.8 Å². The zero-order chi connectivity index (χ0) is 20.1. The molecule has 0 saturated heterocycles. The van der Waals surface area contributed by atoms with Crippen LogP contribution in [0.2, 0.25) is 0 Å². The number of aromatic nitrogens is 2. The van der Waals surface area contributed by atoms with Gasteiger partial charge >= 0.3 is 6.18 Å². The van der Waals surface area contributed by atoms with Gasteiger partial charge < -0.3 is 0 Å². The Morgan fingerprint density at radius 3 is 2.44 bits per heavy atom. The van der Waals surface area contributed by atoms with Gasteiger partial charge in [-0.15, -0.1) is 0 Å². The van der Waals surface area contributed by atoms with Gasteiger partial charge in [0.2, 0.25) is 5.78 Å². The number of hydrogen-bond donors (Lipinski definition) is 1. The predicted octanol–water partition coefficient (Wildman–Crippen LogP) is 2.18. The molecule has 0 aliphatic heterocycles. The highest BCUT2D eigenvalue weighted by atomic mass is 32.2. The smallest absolute Gasteiger partial charge is 0.299 e. The molecule has 2 aromatic rings. The van der Waals surface area contributed by atoms with Crippen LogP contribution in [0.25, 0.3) is 0 Å². The molecule has 0 unspecified atom stereocenters. The Balaban J connectivity index is 2.23. The second-order valence-electron chi connectivity index (χ2n) is 6.20. The van der Waals surface area contributed by atoms with E-state index in [1.54, 1.807) is 0 Å². The van der Waals surface area contributed by atoms with Crippen molar-refractivity contribution in [1.29, 1.82) is 0 Å². The number of carbonyl (C=O) groups is 1. The summed E-state index contributed by atoms with van der Waals surface area (Å²) in [5, 5.41) is 2.76. The second kappa shape index (κ2) is 6.34. The van der Waals surface area contributed by atoms with E-state index in [-0.39, 0.29) is 11.5 Å². The summed E-state index contributed by atoms with van der Waals surface area (Å²) in [6.45, 7) is 0. The third kappa shape index (κ3) is 3.44. The highest BCUT2D eigenvalue weighted by Gasteiger charge is 2.37. The molecule has 1 aromatic carbocycles. The molecule has 1 N–H and O–H groups in total. The summed E-state index contributed by atoms with van der Waals surface area (Å²) in [5.74, 6) is -1.02. The number of nitrogens with zero attached hydrogens (tertiary/aromatic N) is 1. The molecule has 1 aromatic heterocycles. The lowest BCUT2D eigenvalue weighted by molar-refractivity contribution is -0.137. The minimum atomic E-state index is -4.82. The summed E-state index contributed by atoms with van der Waals surface area (Å²) < 4.78 is 68.6. The third-order valence-corrected chi connectivity index (χ3v) is 5.65. The van der Waals surface area contributed by atoms with Gasteiger partial charge in [0.05, 0.1) is 18.4 Å². The van der Waals surface area contributed by atoms with Crippen LogP contribution in [-0.4, -0.2) is 31.1 Å². The van der Waals surface area contributed by atoms with Crippen molar-refractivity contribution in [2.45, 2.75) is 29.8 Å². The summed E-state index contributed by atoms with van der Waals surface area (Å²) >= 11 is 0. The average molecular weight is 404 g/mol. The van der Waals surface area contributed by atoms with Crippen molar-refractivity contribution in [3.8, 4) is 0 Å². The molecule has 1 saturated carbocycles. The number of halogens is 3. The molecule has 146 valence electrons. The SMILES string of the molecule is COS(=O)(=O)c1cc(C(F)(F)F)ccc1C(=O)c1c(C2CC2)[nH]n(C)c1=O. The van der Waals surface area contributed by atoms with E-state index in [0.717, 1.165) is 30.7 Å². The van der Waals surface area contributed by atoms with Gasteiger partial charge in [-0.25, -0.2) is 0 Å². The first-order valence-corrected chi connectivity index (χ1v) is 9.23. The Morgan fingerprint density at radius 2 is 1.93 bits per heavy atom. The second-order valence-corrected chi connectivity index (χ2v) is 7.88. The van der Waals surface area contributed by atoms with Crippen molar-refractivity contribution in [1.82, 2.24) is 9.78 Å². The van der Waals surface area contributed by atoms with Crippen molar-refractivity contribution < 1.29 is 30.6 Å². The summed E-state index contributed by atoms with van der Waals surface area (Å²) in [7, 11) is -2.46. The van der Waals surface area contributed by atoms with E-state index < -0.39 is 43.7 Å². The van der Waals surface area contributed by atoms with Crippen LogP contribution in [0.3, 0.4) is 0 Å². The van der Waals surface area contributed by atoms with Gasteiger partial charge in [-0.2, -0.15) is 21.6 Å². The van der Waals surface area contributed by atoms with Crippen LogP contribution >= 0.6 is 0 Å². The largest absolute Gasteiger partial charge is 0.416 e. The first-order valence-electron chi connectivity index (χ1n) is 7.83. The fourth-order valence-electron chi connectivity index (χ4n) is 2.77. The van der Waals surface area contributed by atoms with Crippen molar-refractivity contribution in [2.24, 2.45) is 7.05 Å². The zero-order valence-electron chi connectivity index (χ0n) is 14.3. The number of nitrogens with one attached hydrogen (secondary N) is 1. The van der Waals surface area contributed by atoms with E-state index >= 15 is 0 Å². The molecule has 0 radical (unpaired) electrons. The predicted molar refractivity (Wildman–Crippen MR) is 87.1 cm³/mol. The molecule has 11 heteroatoms.